The van der Waals surface area contributed by atoms with E-state index < -0.39 is 0 Å². The highest BCUT2D eigenvalue weighted by atomic mass is 19.1. The fraction of sp³-hybridized carbons (Fsp3) is 0.222. The highest BCUT2D eigenvalue weighted by Gasteiger charge is 2.20. The van der Waals surface area contributed by atoms with Gasteiger partial charge in [0.25, 0.3) is 0 Å². The van der Waals surface area contributed by atoms with E-state index in [-0.39, 0.29) is 11.9 Å². The zero-order valence-electron chi connectivity index (χ0n) is 12.5. The van der Waals surface area contributed by atoms with Crippen LogP contribution in [0.1, 0.15) is 5.56 Å². The zero-order chi connectivity index (χ0) is 15.6. The van der Waals surface area contributed by atoms with Gasteiger partial charge in [-0.1, -0.05) is 12.1 Å². The van der Waals surface area contributed by atoms with Gasteiger partial charge in [-0.2, -0.15) is 0 Å². The van der Waals surface area contributed by atoms with E-state index in [1.54, 1.807) is 12.1 Å². The lowest BCUT2D eigenvalue weighted by atomic mass is 10.1. The molecule has 1 aliphatic rings. The Morgan fingerprint density at radius 3 is 2.96 bits per heavy atom. The number of hydrogen-bond acceptors (Lipinski definition) is 3. The van der Waals surface area contributed by atoms with Crippen LogP contribution < -0.4 is 14.8 Å². The Balaban J connectivity index is 1.38. The molecule has 118 valence electrons. The van der Waals surface area contributed by atoms with Gasteiger partial charge in [0.05, 0.1) is 0 Å². The Labute approximate surface area is 133 Å². The molecule has 5 heteroatoms. The molecule has 1 aliphatic heterocycles. The molecule has 2 N–H and O–H groups in total. The van der Waals surface area contributed by atoms with Crippen LogP contribution in [0, 0.1) is 5.82 Å². The fourth-order valence-corrected chi connectivity index (χ4v) is 2.83. The van der Waals surface area contributed by atoms with Crippen molar-refractivity contribution in [1.29, 1.82) is 0 Å². The number of para-hydroxylation sites is 2. The first-order valence-electron chi connectivity index (χ1n) is 7.64. The van der Waals surface area contributed by atoms with Crippen LogP contribution in [-0.2, 0) is 6.54 Å². The smallest absolute Gasteiger partial charge is 0.161 e. The number of ether oxygens (including phenoxy) is 2. The van der Waals surface area contributed by atoms with Crippen LogP contribution in [0.15, 0.2) is 48.7 Å². The van der Waals surface area contributed by atoms with Gasteiger partial charge in [-0.25, -0.2) is 4.39 Å². The molecule has 4 nitrogen and oxygen atoms in total. The van der Waals surface area contributed by atoms with E-state index in [1.807, 2.05) is 30.5 Å². The van der Waals surface area contributed by atoms with Gasteiger partial charge in [-0.05, 0) is 35.9 Å². The molecule has 2 heterocycles. The van der Waals surface area contributed by atoms with Crippen molar-refractivity contribution in [3.05, 3.63) is 60.0 Å². The summed E-state index contributed by atoms with van der Waals surface area (Å²) in [7, 11) is 0. The van der Waals surface area contributed by atoms with Gasteiger partial charge in [0.1, 0.15) is 18.5 Å². The zero-order valence-corrected chi connectivity index (χ0v) is 12.5. The lowest BCUT2D eigenvalue weighted by molar-refractivity contribution is 0.0902. The quantitative estimate of drug-likeness (QED) is 0.777. The Bertz CT molecular complexity index is 831. The standard InChI is InChI=1S/C18H17FN2O2/c19-13-5-6-16-15(7-13)12(9-21-16)8-20-10-14-11-22-17-3-1-2-4-18(17)23-14/h1-7,9,14,20-21H,8,10-11H2/t14-/m1/s1. The summed E-state index contributed by atoms with van der Waals surface area (Å²) in [4.78, 5) is 3.15. The predicted molar refractivity (Wildman–Crippen MR) is 86.3 cm³/mol. The first-order valence-corrected chi connectivity index (χ1v) is 7.64. The van der Waals surface area contributed by atoms with Crippen LogP contribution in [0.2, 0.25) is 0 Å². The van der Waals surface area contributed by atoms with Crippen molar-refractivity contribution in [2.45, 2.75) is 12.6 Å². The molecule has 0 spiro atoms. The van der Waals surface area contributed by atoms with Gasteiger partial charge in [0, 0.05) is 30.2 Å². The molecule has 0 saturated heterocycles. The minimum absolute atomic E-state index is 0.0353. The van der Waals surface area contributed by atoms with E-state index in [0.29, 0.717) is 19.7 Å². The SMILES string of the molecule is Fc1ccc2[nH]cc(CNC[C@@H]3COc4ccccc4O3)c2c1. The van der Waals surface area contributed by atoms with E-state index in [4.69, 9.17) is 9.47 Å². The molecular formula is C18H17FN2O2. The molecule has 2 aromatic carbocycles. The second-order valence-corrected chi connectivity index (χ2v) is 5.63. The maximum Gasteiger partial charge on any atom is 0.161 e. The third-order valence-electron chi connectivity index (χ3n) is 3.98. The number of aromatic nitrogens is 1. The maximum atomic E-state index is 13.4. The highest BCUT2D eigenvalue weighted by molar-refractivity contribution is 5.83. The molecule has 1 atom stereocenters. The molecule has 0 bridgehead atoms. The minimum atomic E-state index is -0.223. The number of aromatic amines is 1. The van der Waals surface area contributed by atoms with Crippen molar-refractivity contribution in [3.63, 3.8) is 0 Å². The number of H-pyrrole nitrogens is 1. The number of hydrogen-bond donors (Lipinski definition) is 2. The number of rotatable bonds is 4. The molecule has 0 amide bonds. The summed E-state index contributed by atoms with van der Waals surface area (Å²) in [6, 6.07) is 12.4. The van der Waals surface area contributed by atoms with E-state index in [2.05, 4.69) is 10.3 Å². The molecule has 1 aromatic heterocycles. The van der Waals surface area contributed by atoms with E-state index >= 15 is 0 Å². The van der Waals surface area contributed by atoms with E-state index in [1.165, 1.54) is 6.07 Å². The third kappa shape index (κ3) is 2.87. The van der Waals surface area contributed by atoms with Crippen LogP contribution in [-0.4, -0.2) is 24.2 Å². The summed E-state index contributed by atoms with van der Waals surface area (Å²) < 4.78 is 25.0. The van der Waals surface area contributed by atoms with Gasteiger partial charge in [0.2, 0.25) is 0 Å². The summed E-state index contributed by atoms with van der Waals surface area (Å²) in [5.74, 6) is 1.34. The monoisotopic (exact) mass is 312 g/mol. The first-order chi connectivity index (χ1) is 11.3. The van der Waals surface area contributed by atoms with Crippen LogP contribution >= 0.6 is 0 Å². The molecule has 0 aliphatic carbocycles. The fourth-order valence-electron chi connectivity index (χ4n) is 2.83. The Morgan fingerprint density at radius 2 is 2.04 bits per heavy atom. The van der Waals surface area contributed by atoms with Gasteiger partial charge < -0.3 is 19.8 Å². The maximum absolute atomic E-state index is 13.4. The Kier molecular flexibility index (Phi) is 3.63. The Hall–Kier alpha value is -2.53. The van der Waals surface area contributed by atoms with Gasteiger partial charge >= 0.3 is 0 Å². The van der Waals surface area contributed by atoms with Crippen molar-refractivity contribution in [3.8, 4) is 11.5 Å². The van der Waals surface area contributed by atoms with Crippen molar-refractivity contribution >= 4 is 10.9 Å². The van der Waals surface area contributed by atoms with Crippen LogP contribution in [0.5, 0.6) is 11.5 Å². The lowest BCUT2D eigenvalue weighted by Crippen LogP contribution is -2.38. The second-order valence-electron chi connectivity index (χ2n) is 5.63. The first kappa shape index (κ1) is 14.1. The average Bonchev–Trinajstić information content (AvgIpc) is 2.97. The summed E-state index contributed by atoms with van der Waals surface area (Å²) in [5.41, 5.74) is 1.98. The largest absolute Gasteiger partial charge is 0.486 e. The molecule has 0 unspecified atom stereocenters. The highest BCUT2D eigenvalue weighted by Crippen LogP contribution is 2.30. The van der Waals surface area contributed by atoms with E-state index in [0.717, 1.165) is 28.0 Å². The van der Waals surface area contributed by atoms with Gasteiger partial charge in [-0.3, -0.25) is 0 Å². The van der Waals surface area contributed by atoms with Crippen molar-refractivity contribution in [2.75, 3.05) is 13.2 Å². The summed E-state index contributed by atoms with van der Waals surface area (Å²) in [6.45, 7) is 1.83. The normalized spacial score (nSPS) is 16.7. The van der Waals surface area contributed by atoms with Crippen LogP contribution in [0.3, 0.4) is 0 Å². The Morgan fingerprint density at radius 1 is 1.17 bits per heavy atom. The molecular weight excluding hydrogens is 295 g/mol. The van der Waals surface area contributed by atoms with Crippen LogP contribution in [0.4, 0.5) is 4.39 Å². The molecule has 0 fully saturated rings. The van der Waals surface area contributed by atoms with Crippen molar-refractivity contribution < 1.29 is 13.9 Å². The van der Waals surface area contributed by atoms with Crippen molar-refractivity contribution in [2.24, 2.45) is 0 Å². The topological polar surface area (TPSA) is 46.3 Å². The second kappa shape index (κ2) is 5.93. The minimum Gasteiger partial charge on any atom is -0.486 e. The molecule has 3 aromatic rings. The molecule has 4 rings (SSSR count). The van der Waals surface area contributed by atoms with Crippen molar-refractivity contribution in [1.82, 2.24) is 10.3 Å². The van der Waals surface area contributed by atoms with Gasteiger partial charge in [-0.15, -0.1) is 0 Å². The number of halogens is 1. The molecule has 0 saturated carbocycles. The number of fused-ring (bicyclic) bond motifs is 2. The number of nitrogens with one attached hydrogen (secondary N) is 2. The summed E-state index contributed by atoms with van der Waals surface area (Å²) in [5, 5.41) is 4.26. The van der Waals surface area contributed by atoms with Crippen LogP contribution in [0.25, 0.3) is 10.9 Å². The summed E-state index contributed by atoms with van der Waals surface area (Å²) >= 11 is 0. The predicted octanol–water partition coefficient (Wildman–Crippen LogP) is 3.24. The third-order valence-corrected chi connectivity index (χ3v) is 3.98. The molecule has 0 radical (unpaired) electrons. The lowest BCUT2D eigenvalue weighted by Gasteiger charge is -2.26. The number of benzene rings is 2. The summed E-state index contributed by atoms with van der Waals surface area (Å²) in [6.07, 6.45) is 1.87. The van der Waals surface area contributed by atoms with E-state index in [9.17, 15) is 4.39 Å². The average molecular weight is 312 g/mol. The van der Waals surface area contributed by atoms with Gasteiger partial charge in [0.15, 0.2) is 11.5 Å². The molecule has 23 heavy (non-hydrogen) atoms.